The summed E-state index contributed by atoms with van der Waals surface area (Å²) in [6.07, 6.45) is 45.4. The fraction of sp³-hybridized carbons (Fsp3) is 0.927. The van der Waals surface area contributed by atoms with Crippen LogP contribution >= 0.6 is 0 Å². The average Bonchev–Trinajstić information content (AvgIpc) is 3.63. The molecule has 0 amide bonds. The Morgan fingerprint density at radius 3 is 1.15 bits per heavy atom. The first-order valence-electron chi connectivity index (χ1n) is 27.4. The molecule has 2 fully saturated rings. The molecule has 2 aliphatic rings. The highest BCUT2D eigenvalue weighted by molar-refractivity contribution is 5.69. The molecule has 0 radical (unpaired) electrons. The van der Waals surface area contributed by atoms with E-state index in [0.29, 0.717) is 24.7 Å². The molecule has 6 heteroatoms. The van der Waals surface area contributed by atoms with Crippen LogP contribution in [0, 0.1) is 11.8 Å². The van der Waals surface area contributed by atoms with Crippen molar-refractivity contribution in [3.8, 4) is 0 Å². The lowest BCUT2D eigenvalue weighted by Gasteiger charge is -2.29. The number of hydrogen-bond donors (Lipinski definition) is 0. The van der Waals surface area contributed by atoms with Crippen molar-refractivity contribution >= 4 is 11.9 Å². The second kappa shape index (κ2) is 38.7. The Kier molecular flexibility index (Phi) is 35.2. The van der Waals surface area contributed by atoms with Gasteiger partial charge < -0.3 is 19.1 Å². The molecule has 0 aromatic heterocycles. The van der Waals surface area contributed by atoms with E-state index >= 15 is 0 Å². The molecule has 2 atom stereocenters. The molecule has 6 nitrogen and oxygen atoms in total. The Bertz CT molecular complexity index is 972. The predicted octanol–water partition coefficient (Wildman–Crippen LogP) is 16.9. The van der Waals surface area contributed by atoms with Crippen molar-refractivity contribution in [1.82, 2.24) is 4.90 Å². The van der Waals surface area contributed by atoms with Crippen molar-refractivity contribution in [2.75, 3.05) is 19.7 Å². The Morgan fingerprint density at radius 1 is 0.475 bits per heavy atom. The maximum absolute atomic E-state index is 13.4. The fourth-order valence-corrected chi connectivity index (χ4v) is 9.70. The number of hydrogen-bond acceptors (Lipinski definition) is 6. The summed E-state index contributed by atoms with van der Waals surface area (Å²) in [6.45, 7) is 14.1. The largest absolute Gasteiger partial charge is 0.479 e. The molecule has 1 saturated heterocycles. The highest BCUT2D eigenvalue weighted by Crippen LogP contribution is 2.38. The Balaban J connectivity index is 1.98. The van der Waals surface area contributed by atoms with E-state index in [1.54, 1.807) is 0 Å². The number of allylic oxidation sites excluding steroid dienone is 1. The van der Waals surface area contributed by atoms with Crippen LogP contribution in [0.25, 0.3) is 0 Å². The highest BCUT2D eigenvalue weighted by Gasteiger charge is 2.36. The van der Waals surface area contributed by atoms with Crippen LogP contribution in [-0.2, 0) is 23.8 Å². The molecule has 61 heavy (non-hydrogen) atoms. The summed E-state index contributed by atoms with van der Waals surface area (Å²) in [5.41, 5.74) is 1.49. The van der Waals surface area contributed by atoms with E-state index in [0.717, 1.165) is 103 Å². The summed E-state index contributed by atoms with van der Waals surface area (Å²) < 4.78 is 19.0. The number of nitrogens with zero attached hydrogens (tertiary/aromatic N) is 1. The first kappa shape index (κ1) is 55.4. The first-order chi connectivity index (χ1) is 29.9. The van der Waals surface area contributed by atoms with Gasteiger partial charge in [0.05, 0.1) is 6.61 Å². The van der Waals surface area contributed by atoms with Gasteiger partial charge in [-0.3, -0.25) is 9.59 Å². The van der Waals surface area contributed by atoms with E-state index in [2.05, 4.69) is 39.5 Å². The van der Waals surface area contributed by atoms with Gasteiger partial charge in [-0.25, -0.2) is 0 Å². The standard InChI is InChI=1S/C55H103NO5/c1-6-11-16-20-24-28-39-51(40-29-25-21-17-12-7-2)60-53(57)43-33-37-49-46-56(55(48-35-32-36-48)59-45-15-10-5)47-50(49)38-34-44-54(58)61-52(41-30-26-22-18-13-8-3)42-31-27-23-19-14-9-4/h49-52H,6-47H2,1-5H3. The average molecular weight is 858 g/mol. The summed E-state index contributed by atoms with van der Waals surface area (Å²) in [4.78, 5) is 29.3. The topological polar surface area (TPSA) is 65.1 Å². The number of likely N-dealkylation sites (tertiary alicyclic amines) is 1. The zero-order valence-corrected chi connectivity index (χ0v) is 41.5. The molecule has 0 N–H and O–H groups in total. The maximum Gasteiger partial charge on any atom is 0.306 e. The molecule has 1 aliphatic carbocycles. The minimum absolute atomic E-state index is 0.00719. The fourth-order valence-electron chi connectivity index (χ4n) is 9.70. The van der Waals surface area contributed by atoms with E-state index < -0.39 is 0 Å². The molecule has 358 valence electrons. The summed E-state index contributed by atoms with van der Waals surface area (Å²) in [5, 5.41) is 0. The third-order valence-corrected chi connectivity index (χ3v) is 13.9. The van der Waals surface area contributed by atoms with Crippen LogP contribution in [0.1, 0.15) is 285 Å². The summed E-state index contributed by atoms with van der Waals surface area (Å²) in [5.74, 6) is 2.15. The molecule has 2 unspecified atom stereocenters. The highest BCUT2D eigenvalue weighted by atomic mass is 16.5. The van der Waals surface area contributed by atoms with Gasteiger partial charge in [0.1, 0.15) is 12.2 Å². The van der Waals surface area contributed by atoms with Gasteiger partial charge in [-0.15, -0.1) is 0 Å². The van der Waals surface area contributed by atoms with E-state index in [4.69, 9.17) is 14.2 Å². The Morgan fingerprint density at radius 2 is 0.820 bits per heavy atom. The number of unbranched alkanes of at least 4 members (excludes halogenated alkanes) is 21. The van der Waals surface area contributed by atoms with Gasteiger partial charge in [-0.2, -0.15) is 0 Å². The lowest BCUT2D eigenvalue weighted by Crippen LogP contribution is -2.26. The third-order valence-electron chi connectivity index (χ3n) is 13.9. The number of carbonyl (C=O) groups is 2. The second-order valence-electron chi connectivity index (χ2n) is 19.6. The van der Waals surface area contributed by atoms with Crippen molar-refractivity contribution in [2.24, 2.45) is 11.8 Å². The second-order valence-corrected chi connectivity index (χ2v) is 19.6. The molecule has 1 saturated carbocycles. The monoisotopic (exact) mass is 858 g/mol. The van der Waals surface area contributed by atoms with E-state index in [1.807, 2.05) is 0 Å². The molecule has 0 aromatic carbocycles. The number of ether oxygens (including phenoxy) is 3. The van der Waals surface area contributed by atoms with E-state index in [1.165, 1.54) is 166 Å². The molecule has 2 rings (SSSR count). The van der Waals surface area contributed by atoms with E-state index in [9.17, 15) is 9.59 Å². The molecule has 0 bridgehead atoms. The van der Waals surface area contributed by atoms with Gasteiger partial charge in [0, 0.05) is 25.9 Å². The van der Waals surface area contributed by atoms with Gasteiger partial charge in [-0.05, 0) is 120 Å². The van der Waals surface area contributed by atoms with Crippen molar-refractivity contribution in [3.05, 3.63) is 11.5 Å². The van der Waals surface area contributed by atoms with Crippen LogP contribution in [0.3, 0.4) is 0 Å². The summed E-state index contributed by atoms with van der Waals surface area (Å²) >= 11 is 0. The van der Waals surface area contributed by atoms with Crippen molar-refractivity contribution < 1.29 is 23.8 Å². The molecule has 1 heterocycles. The van der Waals surface area contributed by atoms with Crippen LogP contribution in [0.15, 0.2) is 11.5 Å². The van der Waals surface area contributed by atoms with Gasteiger partial charge in [0.2, 0.25) is 0 Å². The molecule has 1 aliphatic heterocycles. The van der Waals surface area contributed by atoms with E-state index in [-0.39, 0.29) is 24.1 Å². The van der Waals surface area contributed by atoms with Gasteiger partial charge in [0.25, 0.3) is 0 Å². The van der Waals surface area contributed by atoms with Crippen LogP contribution in [-0.4, -0.2) is 48.7 Å². The molecular formula is C55H103NO5. The third kappa shape index (κ3) is 27.9. The lowest BCUT2D eigenvalue weighted by molar-refractivity contribution is -0.151. The van der Waals surface area contributed by atoms with Gasteiger partial charge in [-0.1, -0.05) is 169 Å². The molecule has 0 aromatic rings. The first-order valence-corrected chi connectivity index (χ1v) is 27.4. The van der Waals surface area contributed by atoms with Crippen molar-refractivity contribution in [2.45, 2.75) is 297 Å². The van der Waals surface area contributed by atoms with Crippen LogP contribution in [0.4, 0.5) is 0 Å². The maximum atomic E-state index is 13.4. The lowest BCUT2D eigenvalue weighted by atomic mass is 9.87. The number of esters is 2. The summed E-state index contributed by atoms with van der Waals surface area (Å²) in [7, 11) is 0. The minimum atomic E-state index is 0.00719. The van der Waals surface area contributed by atoms with Gasteiger partial charge in [0.15, 0.2) is 5.88 Å². The van der Waals surface area contributed by atoms with Crippen LogP contribution in [0.2, 0.25) is 0 Å². The Labute approximate surface area is 379 Å². The van der Waals surface area contributed by atoms with Crippen molar-refractivity contribution in [3.63, 3.8) is 0 Å². The predicted molar refractivity (Wildman–Crippen MR) is 260 cm³/mol. The Hall–Kier alpha value is -1.72. The minimum Gasteiger partial charge on any atom is -0.479 e. The van der Waals surface area contributed by atoms with Crippen LogP contribution in [0.5, 0.6) is 0 Å². The van der Waals surface area contributed by atoms with Gasteiger partial charge >= 0.3 is 11.9 Å². The van der Waals surface area contributed by atoms with Crippen LogP contribution < -0.4 is 0 Å². The van der Waals surface area contributed by atoms with Crippen molar-refractivity contribution in [1.29, 1.82) is 0 Å². The smallest absolute Gasteiger partial charge is 0.306 e. The number of rotatable bonds is 43. The molecule has 0 spiro atoms. The SMILES string of the molecule is CCCCCCCCC(CCCCCCCC)OC(=O)CCCC1CN(C(OCCCC)=C2CCC2)CC1CCCC(=O)OC(CCCCCCCC)CCCCCCCC. The summed E-state index contributed by atoms with van der Waals surface area (Å²) in [6, 6.07) is 0. The zero-order chi connectivity index (χ0) is 44.0. The zero-order valence-electron chi connectivity index (χ0n) is 41.5. The quantitative estimate of drug-likeness (QED) is 0.0346. The number of carbonyl (C=O) groups excluding carboxylic acids is 2. The molecular weight excluding hydrogens is 755 g/mol. The normalized spacial score (nSPS) is 16.4.